The van der Waals surface area contributed by atoms with Crippen LogP contribution in [-0.2, 0) is 19.1 Å². The van der Waals surface area contributed by atoms with E-state index in [2.05, 4.69) is 15.6 Å². The molecule has 2 aliphatic heterocycles. The van der Waals surface area contributed by atoms with Gasteiger partial charge < -0.3 is 34.8 Å². The normalized spacial score (nSPS) is 18.1. The van der Waals surface area contributed by atoms with Crippen LogP contribution in [0, 0.1) is 6.92 Å². The van der Waals surface area contributed by atoms with Gasteiger partial charge in [0.25, 0.3) is 11.8 Å². The zero-order valence-corrected chi connectivity index (χ0v) is 26.0. The molecule has 1 aromatic carbocycles. The Bertz CT molecular complexity index is 1440. The van der Waals surface area contributed by atoms with Crippen LogP contribution in [0.5, 0.6) is 5.75 Å². The van der Waals surface area contributed by atoms with Gasteiger partial charge in [-0.3, -0.25) is 19.2 Å². The topological polar surface area (TPSA) is 150 Å². The zero-order valence-electron chi connectivity index (χ0n) is 26.0. The fraction of sp³-hybridized carbons (Fsp3) is 0.562. The van der Waals surface area contributed by atoms with Crippen LogP contribution in [0.25, 0.3) is 10.9 Å². The predicted octanol–water partition coefficient (Wildman–Crippen LogP) is 2.00. The number of aryl methyl sites for hydroxylation is 1. The number of aromatic nitrogens is 1. The van der Waals surface area contributed by atoms with Crippen LogP contribution in [0.4, 0.5) is 4.79 Å². The summed E-state index contributed by atoms with van der Waals surface area (Å²) in [6.07, 6.45) is 4.68. The van der Waals surface area contributed by atoms with Crippen molar-refractivity contribution in [2.24, 2.45) is 0 Å². The molecule has 3 heterocycles. The van der Waals surface area contributed by atoms with Crippen LogP contribution in [0.15, 0.2) is 24.3 Å². The van der Waals surface area contributed by atoms with Gasteiger partial charge in [0.15, 0.2) is 6.61 Å². The summed E-state index contributed by atoms with van der Waals surface area (Å²) in [5.74, 6) is -0.936. The molecule has 13 heteroatoms. The maximum absolute atomic E-state index is 13.1. The Morgan fingerprint density at radius 3 is 2.44 bits per heavy atom. The second-order valence-corrected chi connectivity index (χ2v) is 11.9. The Morgan fingerprint density at radius 1 is 0.956 bits per heavy atom. The average Bonchev–Trinajstić information content (AvgIpc) is 3.72. The average molecular weight is 623 g/mol. The molecule has 45 heavy (non-hydrogen) atoms. The lowest BCUT2D eigenvalue weighted by molar-refractivity contribution is -0.140. The second kappa shape index (κ2) is 14.6. The largest absolute Gasteiger partial charge is 0.483 e. The molecule has 3 aliphatic rings. The molecule has 2 saturated heterocycles. The van der Waals surface area contributed by atoms with Gasteiger partial charge in [-0.05, 0) is 56.7 Å². The van der Waals surface area contributed by atoms with Gasteiger partial charge in [0.2, 0.25) is 11.8 Å². The number of ether oxygens (including phenoxy) is 2. The number of carbonyl (C=O) groups excluding carboxylic acids is 5. The van der Waals surface area contributed by atoms with Gasteiger partial charge in [0.1, 0.15) is 17.5 Å². The van der Waals surface area contributed by atoms with Crippen LogP contribution in [0.2, 0.25) is 0 Å². The standard InChI is InChI=1S/C32H42N6O7/c1-3-4-16-44-32(43)37-14-12-36(13-15-37)28(39)19-33-30(41)25-18-27(23-10-7-21(2)17-24(23)35-25)45-20-29(40)38-11-5-6-26(38)31(42)34-22-8-9-22/h7,10,17-18,22,26H,3-6,8-9,11-16,19-20H2,1-2H3,(H,33,41)(H,34,42)/t26-/m0/s1. The van der Waals surface area contributed by atoms with E-state index in [0.717, 1.165) is 37.7 Å². The lowest BCUT2D eigenvalue weighted by Crippen LogP contribution is -2.52. The Balaban J connectivity index is 1.18. The van der Waals surface area contributed by atoms with Gasteiger partial charge in [-0.1, -0.05) is 19.4 Å². The van der Waals surface area contributed by atoms with Crippen molar-refractivity contribution in [3.8, 4) is 5.75 Å². The fourth-order valence-electron chi connectivity index (χ4n) is 5.52. The van der Waals surface area contributed by atoms with Gasteiger partial charge in [0.05, 0.1) is 18.7 Å². The molecule has 242 valence electrons. The van der Waals surface area contributed by atoms with Crippen molar-refractivity contribution in [2.75, 3.05) is 52.5 Å². The molecular formula is C32H42N6O7. The minimum Gasteiger partial charge on any atom is -0.483 e. The van der Waals surface area contributed by atoms with E-state index in [1.54, 1.807) is 14.7 Å². The number of likely N-dealkylation sites (tertiary alicyclic amines) is 1. The van der Waals surface area contributed by atoms with Crippen LogP contribution in [0.3, 0.4) is 0 Å². The molecule has 1 saturated carbocycles. The van der Waals surface area contributed by atoms with Crippen LogP contribution in [0.1, 0.15) is 61.5 Å². The van der Waals surface area contributed by atoms with E-state index in [9.17, 15) is 24.0 Å². The van der Waals surface area contributed by atoms with E-state index in [4.69, 9.17) is 9.47 Å². The second-order valence-electron chi connectivity index (χ2n) is 11.9. The molecule has 0 unspecified atom stereocenters. The molecule has 5 rings (SSSR count). The summed E-state index contributed by atoms with van der Waals surface area (Å²) in [6.45, 7) is 5.67. The number of nitrogens with one attached hydrogen (secondary N) is 2. The van der Waals surface area contributed by atoms with Gasteiger partial charge in [-0.15, -0.1) is 0 Å². The highest BCUT2D eigenvalue weighted by Gasteiger charge is 2.36. The quantitative estimate of drug-likeness (QED) is 0.362. The Labute approximate surface area is 262 Å². The molecule has 0 spiro atoms. The van der Waals surface area contributed by atoms with E-state index >= 15 is 0 Å². The van der Waals surface area contributed by atoms with Crippen molar-refractivity contribution in [1.29, 1.82) is 0 Å². The monoisotopic (exact) mass is 622 g/mol. The highest BCUT2D eigenvalue weighted by Crippen LogP contribution is 2.27. The summed E-state index contributed by atoms with van der Waals surface area (Å²) in [4.78, 5) is 73.2. The maximum atomic E-state index is 13.1. The van der Waals surface area contributed by atoms with Crippen LogP contribution in [-0.4, -0.2) is 114 Å². The zero-order chi connectivity index (χ0) is 31.9. The molecule has 2 aromatic rings. The van der Waals surface area contributed by atoms with Crippen molar-refractivity contribution in [3.05, 3.63) is 35.5 Å². The molecule has 5 amide bonds. The molecule has 3 fully saturated rings. The number of amides is 5. The van der Waals surface area contributed by atoms with Gasteiger partial charge in [-0.2, -0.15) is 0 Å². The van der Waals surface area contributed by atoms with E-state index in [1.807, 2.05) is 32.0 Å². The van der Waals surface area contributed by atoms with E-state index in [1.165, 1.54) is 6.07 Å². The lowest BCUT2D eigenvalue weighted by Gasteiger charge is -2.34. The third-order valence-corrected chi connectivity index (χ3v) is 8.32. The van der Waals surface area contributed by atoms with Gasteiger partial charge >= 0.3 is 6.09 Å². The molecule has 1 atom stereocenters. The number of hydrogen-bond acceptors (Lipinski definition) is 8. The maximum Gasteiger partial charge on any atom is 0.409 e. The van der Waals surface area contributed by atoms with Crippen molar-refractivity contribution in [1.82, 2.24) is 30.3 Å². The van der Waals surface area contributed by atoms with Crippen LogP contribution >= 0.6 is 0 Å². The number of piperazine rings is 1. The van der Waals surface area contributed by atoms with Crippen molar-refractivity contribution in [2.45, 2.75) is 64.5 Å². The molecule has 2 N–H and O–H groups in total. The number of fused-ring (bicyclic) bond motifs is 1. The fourth-order valence-corrected chi connectivity index (χ4v) is 5.52. The van der Waals surface area contributed by atoms with Gasteiger partial charge in [-0.25, -0.2) is 9.78 Å². The molecule has 1 aliphatic carbocycles. The summed E-state index contributed by atoms with van der Waals surface area (Å²) in [5, 5.41) is 6.27. The molecule has 0 bridgehead atoms. The van der Waals surface area contributed by atoms with E-state index in [-0.39, 0.29) is 48.7 Å². The number of hydrogen-bond donors (Lipinski definition) is 2. The summed E-state index contributed by atoms with van der Waals surface area (Å²) in [6, 6.07) is 6.71. The highest BCUT2D eigenvalue weighted by molar-refractivity contribution is 5.99. The Hall–Kier alpha value is -4.42. The van der Waals surface area contributed by atoms with Gasteiger partial charge in [0, 0.05) is 50.2 Å². The van der Waals surface area contributed by atoms with Crippen molar-refractivity contribution >= 4 is 40.6 Å². The first-order valence-corrected chi connectivity index (χ1v) is 15.8. The first kappa shape index (κ1) is 32.0. The summed E-state index contributed by atoms with van der Waals surface area (Å²) >= 11 is 0. The van der Waals surface area contributed by atoms with Crippen LogP contribution < -0.4 is 15.4 Å². The van der Waals surface area contributed by atoms with Crippen molar-refractivity contribution in [3.63, 3.8) is 0 Å². The summed E-state index contributed by atoms with van der Waals surface area (Å²) < 4.78 is 11.2. The molecular weight excluding hydrogens is 580 g/mol. The Kier molecular flexibility index (Phi) is 10.4. The van der Waals surface area contributed by atoms with E-state index in [0.29, 0.717) is 62.4 Å². The number of nitrogens with zero attached hydrogens (tertiary/aromatic N) is 4. The smallest absolute Gasteiger partial charge is 0.409 e. The summed E-state index contributed by atoms with van der Waals surface area (Å²) in [7, 11) is 0. The van der Waals surface area contributed by atoms with E-state index < -0.39 is 11.9 Å². The SMILES string of the molecule is CCCCOC(=O)N1CCN(C(=O)CNC(=O)c2cc(OCC(=O)N3CCC[C@H]3C(=O)NC3CC3)c3ccc(C)cc3n2)CC1. The highest BCUT2D eigenvalue weighted by atomic mass is 16.6. The molecule has 0 radical (unpaired) electrons. The number of carbonyl (C=O) groups is 5. The lowest BCUT2D eigenvalue weighted by atomic mass is 10.1. The third-order valence-electron chi connectivity index (χ3n) is 8.32. The molecule has 1 aromatic heterocycles. The summed E-state index contributed by atoms with van der Waals surface area (Å²) in [5.41, 5.74) is 1.49. The molecule has 13 nitrogen and oxygen atoms in total. The van der Waals surface area contributed by atoms with Crippen molar-refractivity contribution < 1.29 is 33.4 Å². The number of pyridine rings is 1. The number of benzene rings is 1. The predicted molar refractivity (Wildman–Crippen MR) is 165 cm³/mol. The number of rotatable bonds is 11. The first-order chi connectivity index (χ1) is 21.7. The third kappa shape index (κ3) is 8.20. The minimum atomic E-state index is -0.558. The Morgan fingerprint density at radius 2 is 1.71 bits per heavy atom. The first-order valence-electron chi connectivity index (χ1n) is 15.8. The number of unbranched alkanes of at least 4 members (excludes halogenated alkanes) is 1. The minimum absolute atomic E-state index is 0.0471.